The topological polar surface area (TPSA) is 104 Å². The van der Waals surface area contributed by atoms with Gasteiger partial charge in [-0.05, 0) is 45.0 Å². The third-order valence-corrected chi connectivity index (χ3v) is 4.99. The van der Waals surface area contributed by atoms with Crippen molar-refractivity contribution < 1.29 is 13.2 Å². The van der Waals surface area contributed by atoms with Crippen LogP contribution in [0.3, 0.4) is 0 Å². The highest BCUT2D eigenvalue weighted by Crippen LogP contribution is 2.36. The lowest BCUT2D eigenvalue weighted by Crippen LogP contribution is -2.35. The summed E-state index contributed by atoms with van der Waals surface area (Å²) in [5.74, 6) is 0.124. The molecule has 3 aromatic heterocycles. The first-order chi connectivity index (χ1) is 14.8. The lowest BCUT2D eigenvalue weighted by Gasteiger charge is -2.24. The van der Waals surface area contributed by atoms with E-state index in [4.69, 9.17) is 0 Å². The molecule has 1 aliphatic heterocycles. The number of nitrogens with one attached hydrogen (secondary N) is 2. The van der Waals surface area contributed by atoms with E-state index in [1.165, 1.54) is 17.1 Å². The zero-order valence-electron chi connectivity index (χ0n) is 16.6. The highest BCUT2D eigenvalue weighted by molar-refractivity contribution is 5.61. The third kappa shape index (κ3) is 4.49. The van der Waals surface area contributed by atoms with Crippen LogP contribution in [0.25, 0.3) is 17.1 Å². The molecule has 0 unspecified atom stereocenters. The van der Waals surface area contributed by atoms with Crippen LogP contribution in [0.15, 0.2) is 30.9 Å². The summed E-state index contributed by atoms with van der Waals surface area (Å²) in [4.78, 5) is 16.3. The number of anilines is 1. The predicted octanol–water partition coefficient (Wildman–Crippen LogP) is 3.09. The molecule has 0 radical (unpaired) electrons. The SMILES string of the molecule is Cc1ccc(-n2cnc(-c3nc(NC4CCNCC4)ncc3C(F)(F)F)c2)c(C#N)n1. The molecule has 3 aromatic rings. The number of alkyl halides is 3. The van der Waals surface area contributed by atoms with Crippen LogP contribution in [-0.2, 0) is 6.18 Å². The van der Waals surface area contributed by atoms with Crippen molar-refractivity contribution in [2.45, 2.75) is 32.0 Å². The van der Waals surface area contributed by atoms with Gasteiger partial charge in [0.25, 0.3) is 0 Å². The number of imidazole rings is 1. The van der Waals surface area contributed by atoms with Crippen molar-refractivity contribution in [3.05, 3.63) is 47.8 Å². The molecule has 0 bridgehead atoms. The number of halogens is 3. The van der Waals surface area contributed by atoms with Crippen molar-refractivity contribution in [2.24, 2.45) is 0 Å². The molecule has 0 aromatic carbocycles. The number of aryl methyl sites for hydroxylation is 1. The van der Waals surface area contributed by atoms with E-state index in [-0.39, 0.29) is 29.1 Å². The zero-order chi connectivity index (χ0) is 22.0. The second kappa shape index (κ2) is 8.31. The number of pyridine rings is 1. The number of nitriles is 1. The zero-order valence-corrected chi connectivity index (χ0v) is 16.6. The highest BCUT2D eigenvalue weighted by Gasteiger charge is 2.36. The predicted molar refractivity (Wildman–Crippen MR) is 106 cm³/mol. The van der Waals surface area contributed by atoms with Gasteiger partial charge in [-0.25, -0.2) is 19.9 Å². The molecule has 0 amide bonds. The Balaban J connectivity index is 1.72. The average Bonchev–Trinajstić information content (AvgIpc) is 3.23. The van der Waals surface area contributed by atoms with E-state index in [1.807, 2.05) is 6.07 Å². The summed E-state index contributed by atoms with van der Waals surface area (Å²) in [6, 6.07) is 5.46. The number of hydrogen-bond donors (Lipinski definition) is 2. The molecule has 8 nitrogen and oxygen atoms in total. The summed E-state index contributed by atoms with van der Waals surface area (Å²) in [6.45, 7) is 3.39. The molecule has 31 heavy (non-hydrogen) atoms. The molecule has 0 atom stereocenters. The second-order valence-corrected chi connectivity index (χ2v) is 7.22. The van der Waals surface area contributed by atoms with Crippen LogP contribution in [0.4, 0.5) is 19.1 Å². The smallest absolute Gasteiger partial charge is 0.351 e. The molecule has 4 heterocycles. The maximum Gasteiger partial charge on any atom is 0.420 e. The Morgan fingerprint density at radius 1 is 1.19 bits per heavy atom. The second-order valence-electron chi connectivity index (χ2n) is 7.22. The quantitative estimate of drug-likeness (QED) is 0.658. The largest absolute Gasteiger partial charge is 0.420 e. The van der Waals surface area contributed by atoms with Gasteiger partial charge in [0.2, 0.25) is 5.95 Å². The Bertz CT molecular complexity index is 1130. The molecule has 0 spiro atoms. The first-order valence-electron chi connectivity index (χ1n) is 9.69. The Morgan fingerprint density at radius 3 is 2.68 bits per heavy atom. The van der Waals surface area contributed by atoms with Gasteiger partial charge in [0.1, 0.15) is 29.3 Å². The summed E-state index contributed by atoms with van der Waals surface area (Å²) in [5, 5.41) is 15.7. The van der Waals surface area contributed by atoms with Crippen molar-refractivity contribution in [1.82, 2.24) is 29.8 Å². The van der Waals surface area contributed by atoms with Gasteiger partial charge in [-0.1, -0.05) is 0 Å². The van der Waals surface area contributed by atoms with E-state index in [0.717, 1.165) is 32.1 Å². The fourth-order valence-corrected chi connectivity index (χ4v) is 3.42. The van der Waals surface area contributed by atoms with Gasteiger partial charge in [-0.2, -0.15) is 18.4 Å². The van der Waals surface area contributed by atoms with Crippen LogP contribution < -0.4 is 10.6 Å². The molecule has 1 aliphatic rings. The van der Waals surface area contributed by atoms with Crippen molar-refractivity contribution in [3.63, 3.8) is 0 Å². The van der Waals surface area contributed by atoms with E-state index in [1.54, 1.807) is 19.1 Å². The summed E-state index contributed by atoms with van der Waals surface area (Å²) in [5.41, 5.74) is -0.0529. The molecule has 2 N–H and O–H groups in total. The number of piperidine rings is 1. The number of rotatable bonds is 4. The van der Waals surface area contributed by atoms with Crippen LogP contribution in [0.1, 0.15) is 29.8 Å². The molecular formula is C20H19F3N8. The fourth-order valence-electron chi connectivity index (χ4n) is 3.42. The van der Waals surface area contributed by atoms with Gasteiger partial charge in [-0.15, -0.1) is 0 Å². The Morgan fingerprint density at radius 2 is 1.97 bits per heavy atom. The Labute approximate surface area is 176 Å². The van der Waals surface area contributed by atoms with Crippen molar-refractivity contribution >= 4 is 5.95 Å². The summed E-state index contributed by atoms with van der Waals surface area (Å²) in [6.07, 6.45) is 0.524. The molecule has 0 saturated carbocycles. The van der Waals surface area contributed by atoms with E-state index in [9.17, 15) is 18.4 Å². The normalized spacial score (nSPS) is 14.9. The first-order valence-corrected chi connectivity index (χ1v) is 9.69. The lowest BCUT2D eigenvalue weighted by molar-refractivity contribution is -0.137. The minimum absolute atomic E-state index is 0.0209. The standard InChI is InChI=1S/C20H19F3N8/c1-12-2-3-17(15(8-24)28-12)31-10-16(27-11-31)18-14(20(21,22)23)9-26-19(30-18)29-13-4-6-25-7-5-13/h2-3,9-11,13,25H,4-7H2,1H3,(H,26,29,30). The van der Waals surface area contributed by atoms with Crippen LogP contribution in [-0.4, -0.2) is 43.6 Å². The van der Waals surface area contributed by atoms with E-state index in [0.29, 0.717) is 11.4 Å². The van der Waals surface area contributed by atoms with Gasteiger partial charge >= 0.3 is 6.18 Å². The molecule has 0 aliphatic carbocycles. The van der Waals surface area contributed by atoms with E-state index < -0.39 is 11.7 Å². The molecule has 160 valence electrons. The fraction of sp³-hybridized carbons (Fsp3) is 0.350. The van der Waals surface area contributed by atoms with Crippen LogP contribution in [0.2, 0.25) is 0 Å². The summed E-state index contributed by atoms with van der Waals surface area (Å²) >= 11 is 0. The Kier molecular flexibility index (Phi) is 5.56. The minimum atomic E-state index is -4.64. The molecule has 11 heteroatoms. The van der Waals surface area contributed by atoms with Gasteiger partial charge in [0.15, 0.2) is 5.69 Å². The van der Waals surface area contributed by atoms with E-state index >= 15 is 0 Å². The maximum absolute atomic E-state index is 13.6. The van der Waals surface area contributed by atoms with Crippen LogP contribution in [0.5, 0.6) is 0 Å². The summed E-state index contributed by atoms with van der Waals surface area (Å²) in [7, 11) is 0. The first kappa shape index (κ1) is 20.7. The lowest BCUT2D eigenvalue weighted by atomic mass is 10.1. The van der Waals surface area contributed by atoms with Gasteiger partial charge < -0.3 is 15.2 Å². The molecule has 1 fully saturated rings. The molecule has 4 rings (SSSR count). The maximum atomic E-state index is 13.6. The third-order valence-electron chi connectivity index (χ3n) is 4.99. The number of hydrogen-bond acceptors (Lipinski definition) is 7. The average molecular weight is 428 g/mol. The van der Waals surface area contributed by atoms with Gasteiger partial charge in [0.05, 0.1) is 5.69 Å². The van der Waals surface area contributed by atoms with Gasteiger partial charge in [0, 0.05) is 24.1 Å². The monoisotopic (exact) mass is 428 g/mol. The number of aromatic nitrogens is 5. The molecule has 1 saturated heterocycles. The van der Waals surface area contributed by atoms with Crippen molar-refractivity contribution in [1.29, 1.82) is 5.26 Å². The van der Waals surface area contributed by atoms with E-state index in [2.05, 4.69) is 30.6 Å². The van der Waals surface area contributed by atoms with Gasteiger partial charge in [-0.3, -0.25) is 0 Å². The number of nitrogens with zero attached hydrogens (tertiary/aromatic N) is 6. The van der Waals surface area contributed by atoms with Crippen molar-refractivity contribution in [2.75, 3.05) is 18.4 Å². The highest BCUT2D eigenvalue weighted by atomic mass is 19.4. The molecular weight excluding hydrogens is 409 g/mol. The van der Waals surface area contributed by atoms with Crippen LogP contribution in [0, 0.1) is 18.3 Å². The van der Waals surface area contributed by atoms with Crippen molar-refractivity contribution in [3.8, 4) is 23.1 Å². The summed E-state index contributed by atoms with van der Waals surface area (Å²) < 4.78 is 42.3. The van der Waals surface area contributed by atoms with Crippen LogP contribution >= 0.6 is 0 Å². The minimum Gasteiger partial charge on any atom is -0.351 e. The Hall–Kier alpha value is -3.52.